The van der Waals surface area contributed by atoms with Crippen molar-refractivity contribution in [1.29, 1.82) is 0 Å². The highest BCUT2D eigenvalue weighted by atomic mass is 16.5. The molecule has 2 rings (SSSR count). The molecule has 0 aromatic heterocycles. The molecule has 0 aliphatic heterocycles. The molecule has 0 heterocycles. The number of hydrogen-bond acceptors (Lipinski definition) is 2. The Balaban J connectivity index is 1.79. The van der Waals surface area contributed by atoms with E-state index in [-0.39, 0.29) is 0 Å². The first-order chi connectivity index (χ1) is 10.1. The predicted octanol–water partition coefficient (Wildman–Crippen LogP) is 4.15. The molecular weight excluding hydrogens is 258 g/mol. The van der Waals surface area contributed by atoms with Crippen LogP contribution in [0, 0.1) is 5.92 Å². The van der Waals surface area contributed by atoms with Gasteiger partial charge in [0.1, 0.15) is 0 Å². The summed E-state index contributed by atoms with van der Waals surface area (Å²) < 4.78 is 5.66. The van der Waals surface area contributed by atoms with Crippen LogP contribution in [-0.2, 0) is 11.2 Å². The van der Waals surface area contributed by atoms with E-state index in [0.717, 1.165) is 18.9 Å². The number of ether oxygens (including phenoxy) is 1. The van der Waals surface area contributed by atoms with Gasteiger partial charge in [-0.1, -0.05) is 38.1 Å². The van der Waals surface area contributed by atoms with Crippen molar-refractivity contribution in [2.75, 3.05) is 13.7 Å². The van der Waals surface area contributed by atoms with Gasteiger partial charge in [-0.05, 0) is 62.6 Å². The smallest absolute Gasteiger partial charge is 0.0580 e. The van der Waals surface area contributed by atoms with Crippen LogP contribution in [0.15, 0.2) is 24.3 Å². The van der Waals surface area contributed by atoms with E-state index in [1.54, 1.807) is 0 Å². The predicted molar refractivity (Wildman–Crippen MR) is 89.8 cm³/mol. The lowest BCUT2D eigenvalue weighted by atomic mass is 9.77. The second kappa shape index (κ2) is 7.95. The molecular formula is C19H31NO. The number of hydrogen-bond donors (Lipinski definition) is 1. The van der Waals surface area contributed by atoms with Gasteiger partial charge in [0.25, 0.3) is 0 Å². The Bertz CT molecular complexity index is 406. The molecule has 2 nitrogen and oxygen atoms in total. The summed E-state index contributed by atoms with van der Waals surface area (Å²) in [6.45, 7) is 7.44. The molecule has 2 heteroatoms. The Morgan fingerprint density at radius 2 is 1.86 bits per heavy atom. The van der Waals surface area contributed by atoms with Gasteiger partial charge in [-0.3, -0.25) is 0 Å². The first-order valence-corrected chi connectivity index (χ1v) is 8.50. The fraction of sp³-hybridized carbons (Fsp3) is 0.684. The molecule has 0 amide bonds. The van der Waals surface area contributed by atoms with E-state index in [4.69, 9.17) is 4.74 Å². The third kappa shape index (κ3) is 4.82. The first-order valence-electron chi connectivity index (χ1n) is 8.50. The maximum absolute atomic E-state index is 5.66. The summed E-state index contributed by atoms with van der Waals surface area (Å²) in [5.74, 6) is 1.46. The van der Waals surface area contributed by atoms with Gasteiger partial charge < -0.3 is 10.1 Å². The monoisotopic (exact) mass is 289 g/mol. The molecule has 0 saturated heterocycles. The van der Waals surface area contributed by atoms with Gasteiger partial charge in [0.2, 0.25) is 0 Å². The van der Waals surface area contributed by atoms with Gasteiger partial charge >= 0.3 is 0 Å². The third-order valence-corrected chi connectivity index (χ3v) is 4.75. The van der Waals surface area contributed by atoms with E-state index in [2.05, 4.69) is 57.4 Å². The average molecular weight is 289 g/mol. The van der Waals surface area contributed by atoms with Crippen LogP contribution in [0.25, 0.3) is 0 Å². The van der Waals surface area contributed by atoms with Crippen molar-refractivity contribution >= 4 is 0 Å². The Morgan fingerprint density at radius 1 is 1.19 bits per heavy atom. The molecule has 1 unspecified atom stereocenters. The summed E-state index contributed by atoms with van der Waals surface area (Å²) in [5, 5.41) is 3.49. The van der Waals surface area contributed by atoms with Gasteiger partial charge in [0.15, 0.2) is 0 Å². The van der Waals surface area contributed by atoms with Crippen molar-refractivity contribution in [3.05, 3.63) is 35.4 Å². The standard InChI is InChI=1S/C19H31NO/c1-5-21-19-12-16(13-19)11-18(20-4)10-15-6-8-17(9-7-15)14(2)3/h6-9,14,16,18-20H,5,10-13H2,1-4H3. The van der Waals surface area contributed by atoms with E-state index < -0.39 is 0 Å². The maximum Gasteiger partial charge on any atom is 0.0580 e. The van der Waals surface area contributed by atoms with Crippen molar-refractivity contribution in [1.82, 2.24) is 5.32 Å². The van der Waals surface area contributed by atoms with Crippen LogP contribution in [0.5, 0.6) is 0 Å². The molecule has 1 fully saturated rings. The zero-order valence-electron chi connectivity index (χ0n) is 14.1. The minimum Gasteiger partial charge on any atom is -0.378 e. The van der Waals surface area contributed by atoms with E-state index in [9.17, 15) is 0 Å². The fourth-order valence-electron chi connectivity index (χ4n) is 3.27. The Hall–Kier alpha value is -0.860. The van der Waals surface area contributed by atoms with Crippen LogP contribution < -0.4 is 5.32 Å². The second-order valence-electron chi connectivity index (χ2n) is 6.74. The number of benzene rings is 1. The summed E-state index contributed by atoms with van der Waals surface area (Å²) in [6.07, 6.45) is 5.43. The third-order valence-electron chi connectivity index (χ3n) is 4.75. The highest BCUT2D eigenvalue weighted by molar-refractivity contribution is 5.25. The molecule has 1 atom stereocenters. The van der Waals surface area contributed by atoms with Crippen LogP contribution in [-0.4, -0.2) is 25.8 Å². The van der Waals surface area contributed by atoms with Crippen molar-refractivity contribution in [3.63, 3.8) is 0 Å². The lowest BCUT2D eigenvalue weighted by Gasteiger charge is -2.37. The van der Waals surface area contributed by atoms with Gasteiger partial charge in [0, 0.05) is 12.6 Å². The molecule has 21 heavy (non-hydrogen) atoms. The van der Waals surface area contributed by atoms with Crippen LogP contribution in [0.2, 0.25) is 0 Å². The normalized spacial score (nSPS) is 23.1. The van der Waals surface area contributed by atoms with Crippen molar-refractivity contribution < 1.29 is 4.74 Å². The highest BCUT2D eigenvalue weighted by Gasteiger charge is 2.31. The minimum atomic E-state index is 0.530. The number of rotatable bonds is 8. The lowest BCUT2D eigenvalue weighted by Crippen LogP contribution is -2.38. The van der Waals surface area contributed by atoms with Gasteiger partial charge in [-0.25, -0.2) is 0 Å². The van der Waals surface area contributed by atoms with E-state index in [1.807, 2.05) is 0 Å². The summed E-state index contributed by atoms with van der Waals surface area (Å²) in [6, 6.07) is 9.73. The molecule has 1 N–H and O–H groups in total. The van der Waals surface area contributed by atoms with Crippen molar-refractivity contribution in [2.24, 2.45) is 5.92 Å². The molecule has 1 saturated carbocycles. The largest absolute Gasteiger partial charge is 0.378 e. The zero-order chi connectivity index (χ0) is 15.2. The van der Waals surface area contributed by atoms with Crippen molar-refractivity contribution in [3.8, 4) is 0 Å². The molecule has 118 valence electrons. The lowest BCUT2D eigenvalue weighted by molar-refractivity contribution is -0.0288. The van der Waals surface area contributed by atoms with Gasteiger partial charge in [0.05, 0.1) is 6.10 Å². The maximum atomic E-state index is 5.66. The summed E-state index contributed by atoms with van der Waals surface area (Å²) in [7, 11) is 2.09. The fourth-order valence-corrected chi connectivity index (χ4v) is 3.27. The Kier molecular flexibility index (Phi) is 6.25. The summed E-state index contributed by atoms with van der Waals surface area (Å²) >= 11 is 0. The quantitative estimate of drug-likeness (QED) is 0.776. The van der Waals surface area contributed by atoms with E-state index in [0.29, 0.717) is 18.1 Å². The van der Waals surface area contributed by atoms with Gasteiger partial charge in [-0.2, -0.15) is 0 Å². The van der Waals surface area contributed by atoms with E-state index >= 15 is 0 Å². The van der Waals surface area contributed by atoms with E-state index in [1.165, 1.54) is 30.4 Å². The molecule has 0 bridgehead atoms. The molecule has 1 aromatic rings. The van der Waals surface area contributed by atoms with Crippen LogP contribution in [0.3, 0.4) is 0 Å². The topological polar surface area (TPSA) is 21.3 Å². The molecule has 1 aliphatic rings. The molecule has 1 aliphatic carbocycles. The first kappa shape index (κ1) is 16.5. The van der Waals surface area contributed by atoms with Crippen LogP contribution in [0.1, 0.15) is 57.1 Å². The SMILES string of the molecule is CCOC1CC(CC(Cc2ccc(C(C)C)cc2)NC)C1. The summed E-state index contributed by atoms with van der Waals surface area (Å²) in [4.78, 5) is 0. The Morgan fingerprint density at radius 3 is 2.38 bits per heavy atom. The zero-order valence-corrected chi connectivity index (χ0v) is 14.1. The summed E-state index contributed by atoms with van der Waals surface area (Å²) in [5.41, 5.74) is 2.87. The molecule has 0 spiro atoms. The molecule has 1 aromatic carbocycles. The highest BCUT2D eigenvalue weighted by Crippen LogP contribution is 2.34. The minimum absolute atomic E-state index is 0.530. The van der Waals surface area contributed by atoms with Gasteiger partial charge in [-0.15, -0.1) is 0 Å². The second-order valence-corrected chi connectivity index (χ2v) is 6.74. The average Bonchev–Trinajstić information content (AvgIpc) is 2.44. The number of nitrogens with one attached hydrogen (secondary N) is 1. The number of likely N-dealkylation sites (N-methyl/N-ethyl adjacent to an activating group) is 1. The van der Waals surface area contributed by atoms with Crippen LogP contribution in [0.4, 0.5) is 0 Å². The molecule has 0 radical (unpaired) electrons. The van der Waals surface area contributed by atoms with Crippen molar-refractivity contribution in [2.45, 2.75) is 64.5 Å². The Labute approximate surface area is 130 Å². The van der Waals surface area contributed by atoms with Crippen LogP contribution >= 0.6 is 0 Å².